The number of rotatable bonds is 5. The van der Waals surface area contributed by atoms with Crippen LogP contribution in [0, 0.1) is 5.92 Å². The number of hydrogen-bond donors (Lipinski definition) is 1. The second-order valence-electron chi connectivity index (χ2n) is 6.03. The molecule has 0 atom stereocenters. The summed E-state index contributed by atoms with van der Waals surface area (Å²) in [6.45, 7) is 7.96. The van der Waals surface area contributed by atoms with E-state index in [1.807, 2.05) is 13.8 Å². The Morgan fingerprint density at radius 2 is 1.70 bits per heavy atom. The second kappa shape index (κ2) is 7.44. The molecule has 1 amide bonds. The summed E-state index contributed by atoms with van der Waals surface area (Å²) < 4.78 is 0. The van der Waals surface area contributed by atoms with Crippen LogP contribution >= 0.6 is 0 Å². The van der Waals surface area contributed by atoms with E-state index in [4.69, 9.17) is 0 Å². The number of hydrogen-bond acceptors (Lipinski definition) is 2. The van der Waals surface area contributed by atoms with Gasteiger partial charge in [-0.2, -0.15) is 0 Å². The van der Waals surface area contributed by atoms with Crippen LogP contribution in [0.25, 0.3) is 0 Å². The fraction of sp³-hybridized carbons (Fsp3) is 0.588. The van der Waals surface area contributed by atoms with E-state index in [-0.39, 0.29) is 11.8 Å². The number of likely N-dealkylation sites (tertiary alicyclic amines) is 1. The average Bonchev–Trinajstić information content (AvgIpc) is 2.47. The van der Waals surface area contributed by atoms with Gasteiger partial charge in [-0.3, -0.25) is 9.69 Å². The van der Waals surface area contributed by atoms with E-state index >= 15 is 0 Å². The first-order valence-corrected chi connectivity index (χ1v) is 7.73. The topological polar surface area (TPSA) is 32.3 Å². The van der Waals surface area contributed by atoms with Crippen LogP contribution in [0.5, 0.6) is 0 Å². The highest BCUT2D eigenvalue weighted by Gasteiger charge is 2.10. The molecule has 3 nitrogen and oxygen atoms in total. The van der Waals surface area contributed by atoms with Crippen molar-refractivity contribution in [3.8, 4) is 0 Å². The summed E-state index contributed by atoms with van der Waals surface area (Å²) in [4.78, 5) is 14.1. The van der Waals surface area contributed by atoms with E-state index in [1.165, 1.54) is 43.5 Å². The number of amides is 1. The van der Waals surface area contributed by atoms with Crippen LogP contribution in [-0.2, 0) is 17.9 Å². The Labute approximate surface area is 122 Å². The SMILES string of the molecule is CC(C)C(=O)NCc1ccc(CN2CCCCC2)cc1. The molecular weight excluding hydrogens is 248 g/mol. The Balaban J connectivity index is 1.81. The third kappa shape index (κ3) is 4.64. The van der Waals surface area contributed by atoms with Gasteiger partial charge in [-0.25, -0.2) is 0 Å². The van der Waals surface area contributed by atoms with Gasteiger partial charge in [0.15, 0.2) is 0 Å². The molecule has 1 aromatic carbocycles. The fourth-order valence-corrected chi connectivity index (χ4v) is 2.53. The fourth-order valence-electron chi connectivity index (χ4n) is 2.53. The smallest absolute Gasteiger partial charge is 0.222 e. The van der Waals surface area contributed by atoms with Gasteiger partial charge in [0.1, 0.15) is 0 Å². The minimum atomic E-state index is 0.0494. The van der Waals surface area contributed by atoms with Gasteiger partial charge in [0, 0.05) is 19.0 Å². The number of benzene rings is 1. The minimum Gasteiger partial charge on any atom is -0.352 e. The first-order chi connectivity index (χ1) is 9.65. The molecule has 2 rings (SSSR count). The zero-order valence-electron chi connectivity index (χ0n) is 12.7. The van der Waals surface area contributed by atoms with Crippen LogP contribution in [0.15, 0.2) is 24.3 Å². The maximum absolute atomic E-state index is 11.5. The zero-order chi connectivity index (χ0) is 14.4. The van der Waals surface area contributed by atoms with Crippen molar-refractivity contribution in [2.45, 2.75) is 46.2 Å². The zero-order valence-corrected chi connectivity index (χ0v) is 12.7. The van der Waals surface area contributed by atoms with Crippen molar-refractivity contribution in [1.29, 1.82) is 0 Å². The second-order valence-corrected chi connectivity index (χ2v) is 6.03. The summed E-state index contributed by atoms with van der Waals surface area (Å²) in [7, 11) is 0. The molecule has 0 saturated carbocycles. The van der Waals surface area contributed by atoms with Gasteiger partial charge in [-0.1, -0.05) is 44.5 Å². The molecule has 1 aromatic rings. The quantitative estimate of drug-likeness (QED) is 0.895. The Morgan fingerprint density at radius 1 is 1.10 bits per heavy atom. The lowest BCUT2D eigenvalue weighted by atomic mass is 10.1. The Morgan fingerprint density at radius 3 is 2.30 bits per heavy atom. The molecule has 110 valence electrons. The van der Waals surface area contributed by atoms with Gasteiger partial charge < -0.3 is 5.32 Å². The van der Waals surface area contributed by atoms with E-state index in [0.29, 0.717) is 6.54 Å². The maximum atomic E-state index is 11.5. The summed E-state index contributed by atoms with van der Waals surface area (Å²) in [5.41, 5.74) is 2.53. The molecule has 1 N–H and O–H groups in total. The highest BCUT2D eigenvalue weighted by molar-refractivity contribution is 5.77. The molecule has 1 saturated heterocycles. The van der Waals surface area contributed by atoms with Crippen molar-refractivity contribution in [3.63, 3.8) is 0 Å². The highest BCUT2D eigenvalue weighted by atomic mass is 16.1. The van der Waals surface area contributed by atoms with Gasteiger partial charge in [-0.05, 0) is 37.1 Å². The summed E-state index contributed by atoms with van der Waals surface area (Å²) in [5.74, 6) is 0.163. The molecule has 1 aliphatic heterocycles. The molecule has 0 radical (unpaired) electrons. The molecule has 0 aliphatic carbocycles. The van der Waals surface area contributed by atoms with E-state index in [1.54, 1.807) is 0 Å². The van der Waals surface area contributed by atoms with E-state index in [9.17, 15) is 4.79 Å². The summed E-state index contributed by atoms with van der Waals surface area (Å²) >= 11 is 0. The van der Waals surface area contributed by atoms with Crippen molar-refractivity contribution < 1.29 is 4.79 Å². The molecular formula is C17H26N2O. The first kappa shape index (κ1) is 15.0. The maximum Gasteiger partial charge on any atom is 0.222 e. The van der Waals surface area contributed by atoms with Crippen LogP contribution < -0.4 is 5.32 Å². The average molecular weight is 274 g/mol. The standard InChI is InChI=1S/C17H26N2O/c1-14(2)17(20)18-12-15-6-8-16(9-7-15)13-19-10-4-3-5-11-19/h6-9,14H,3-5,10-13H2,1-2H3,(H,18,20). The van der Waals surface area contributed by atoms with E-state index < -0.39 is 0 Å². The number of carbonyl (C=O) groups excluding carboxylic acids is 1. The van der Waals surface area contributed by atoms with E-state index in [2.05, 4.69) is 34.5 Å². The summed E-state index contributed by atoms with van der Waals surface area (Å²) in [6.07, 6.45) is 4.05. The van der Waals surface area contributed by atoms with Crippen LogP contribution in [-0.4, -0.2) is 23.9 Å². The predicted molar refractivity (Wildman–Crippen MR) is 82.3 cm³/mol. The van der Waals surface area contributed by atoms with Gasteiger partial charge >= 0.3 is 0 Å². The number of nitrogens with zero attached hydrogens (tertiary/aromatic N) is 1. The van der Waals surface area contributed by atoms with Crippen LogP contribution in [0.3, 0.4) is 0 Å². The van der Waals surface area contributed by atoms with Crippen LogP contribution in [0.1, 0.15) is 44.2 Å². The lowest BCUT2D eigenvalue weighted by molar-refractivity contribution is -0.124. The lowest BCUT2D eigenvalue weighted by Gasteiger charge is -2.26. The normalized spacial score (nSPS) is 16.4. The molecule has 20 heavy (non-hydrogen) atoms. The molecule has 0 bridgehead atoms. The monoisotopic (exact) mass is 274 g/mol. The number of piperidine rings is 1. The molecule has 1 aliphatic rings. The van der Waals surface area contributed by atoms with Gasteiger partial charge in [0.05, 0.1) is 0 Å². The molecule has 0 unspecified atom stereocenters. The lowest BCUT2D eigenvalue weighted by Crippen LogP contribution is -2.29. The van der Waals surface area contributed by atoms with Gasteiger partial charge in [-0.15, -0.1) is 0 Å². The minimum absolute atomic E-state index is 0.0494. The van der Waals surface area contributed by atoms with Crippen molar-refractivity contribution >= 4 is 5.91 Å². The summed E-state index contributed by atoms with van der Waals surface area (Å²) in [6, 6.07) is 8.62. The van der Waals surface area contributed by atoms with Crippen molar-refractivity contribution in [3.05, 3.63) is 35.4 Å². The largest absolute Gasteiger partial charge is 0.352 e. The molecule has 0 spiro atoms. The summed E-state index contributed by atoms with van der Waals surface area (Å²) in [5, 5.41) is 2.95. The van der Waals surface area contributed by atoms with Crippen molar-refractivity contribution in [2.75, 3.05) is 13.1 Å². The van der Waals surface area contributed by atoms with E-state index in [0.717, 1.165) is 6.54 Å². The first-order valence-electron chi connectivity index (χ1n) is 7.73. The third-order valence-electron chi connectivity index (χ3n) is 3.87. The highest BCUT2D eigenvalue weighted by Crippen LogP contribution is 2.13. The molecule has 1 heterocycles. The molecule has 1 fully saturated rings. The Bertz CT molecular complexity index is 419. The molecule has 0 aromatic heterocycles. The molecule has 3 heteroatoms. The Kier molecular flexibility index (Phi) is 5.60. The van der Waals surface area contributed by atoms with Crippen LogP contribution in [0.2, 0.25) is 0 Å². The predicted octanol–water partition coefficient (Wildman–Crippen LogP) is 2.94. The number of nitrogens with one attached hydrogen (secondary N) is 1. The number of carbonyl (C=O) groups is 1. The van der Waals surface area contributed by atoms with Crippen LogP contribution in [0.4, 0.5) is 0 Å². The van der Waals surface area contributed by atoms with Gasteiger partial charge in [0.25, 0.3) is 0 Å². The van der Waals surface area contributed by atoms with Crippen molar-refractivity contribution in [2.24, 2.45) is 5.92 Å². The Hall–Kier alpha value is -1.35. The van der Waals surface area contributed by atoms with Crippen molar-refractivity contribution in [1.82, 2.24) is 10.2 Å². The van der Waals surface area contributed by atoms with Gasteiger partial charge in [0.2, 0.25) is 5.91 Å². The third-order valence-corrected chi connectivity index (χ3v) is 3.87.